The molecule has 1 unspecified atom stereocenters. The van der Waals surface area contributed by atoms with Gasteiger partial charge in [0.2, 0.25) is 10.0 Å². The Balaban J connectivity index is 2.32. The molecule has 22 heavy (non-hydrogen) atoms. The van der Waals surface area contributed by atoms with Gasteiger partial charge in [0.05, 0.1) is 5.02 Å². The molecule has 0 radical (unpaired) electrons. The first-order valence-corrected chi connectivity index (χ1v) is 8.84. The Hall–Kier alpha value is -1.15. The molecule has 6 nitrogen and oxygen atoms in total. The van der Waals surface area contributed by atoms with E-state index in [0.717, 1.165) is 5.56 Å². The monoisotopic (exact) mass is 346 g/mol. The Kier molecular flexibility index (Phi) is 5.11. The number of carbonyl (C=O) groups is 1. The van der Waals surface area contributed by atoms with E-state index in [1.54, 1.807) is 17.9 Å². The number of fused-ring (bicyclic) bond motifs is 1. The maximum Gasteiger partial charge on any atom is 0.242 e. The number of aliphatic hydroxyl groups is 1. The number of nitrogens with zero attached hydrogens (tertiary/aromatic N) is 1. The summed E-state index contributed by atoms with van der Waals surface area (Å²) in [5.74, 6) is -0.0944. The van der Waals surface area contributed by atoms with Crippen LogP contribution >= 0.6 is 11.6 Å². The molecule has 1 aromatic rings. The van der Waals surface area contributed by atoms with Crippen molar-refractivity contribution in [1.29, 1.82) is 0 Å². The number of carbonyl (C=O) groups excluding carboxylic acids is 1. The lowest BCUT2D eigenvalue weighted by molar-refractivity contribution is -0.116. The lowest BCUT2D eigenvalue weighted by atomic mass is 10.2. The highest BCUT2D eigenvalue weighted by atomic mass is 35.5. The number of aliphatic hydroxyl groups excluding tert-OH is 1. The second-order valence-electron chi connectivity index (χ2n) is 5.34. The predicted molar refractivity (Wildman–Crippen MR) is 84.7 cm³/mol. The summed E-state index contributed by atoms with van der Waals surface area (Å²) in [6.07, 6.45) is 0.128. The topological polar surface area (TPSA) is 86.7 Å². The lowest BCUT2D eigenvalue weighted by Crippen LogP contribution is -2.31. The van der Waals surface area contributed by atoms with E-state index in [1.807, 2.05) is 0 Å². The van der Waals surface area contributed by atoms with Crippen molar-refractivity contribution >= 4 is 33.1 Å². The molecule has 0 saturated carbocycles. The number of benzene rings is 1. The molecule has 2 rings (SSSR count). The van der Waals surface area contributed by atoms with Crippen LogP contribution in [0, 0.1) is 0 Å². The molecule has 1 heterocycles. The van der Waals surface area contributed by atoms with Gasteiger partial charge in [0.1, 0.15) is 16.9 Å². The van der Waals surface area contributed by atoms with Gasteiger partial charge in [-0.25, -0.2) is 13.1 Å². The number of Topliss-reactive ketones (excluding diaryl/α,β-unsaturated/α-hetero) is 1. The van der Waals surface area contributed by atoms with Gasteiger partial charge in [0.15, 0.2) is 0 Å². The number of rotatable bonds is 6. The smallest absolute Gasteiger partial charge is 0.242 e. The summed E-state index contributed by atoms with van der Waals surface area (Å²) in [5, 5.41) is 9.90. The van der Waals surface area contributed by atoms with Crippen LogP contribution in [0.1, 0.15) is 25.8 Å². The molecular weight excluding hydrogens is 328 g/mol. The lowest BCUT2D eigenvalue weighted by Gasteiger charge is -2.23. The van der Waals surface area contributed by atoms with Crippen molar-refractivity contribution in [2.75, 3.05) is 18.0 Å². The molecule has 2 N–H and O–H groups in total. The molecule has 0 fully saturated rings. The van der Waals surface area contributed by atoms with Crippen molar-refractivity contribution in [2.24, 2.45) is 0 Å². The van der Waals surface area contributed by atoms with Gasteiger partial charge in [-0.05, 0) is 38.0 Å². The van der Waals surface area contributed by atoms with Crippen LogP contribution in [0.5, 0.6) is 0 Å². The molecule has 0 aromatic heterocycles. The van der Waals surface area contributed by atoms with Crippen LogP contribution in [0.2, 0.25) is 5.02 Å². The second kappa shape index (κ2) is 6.54. The maximum atomic E-state index is 12.3. The van der Waals surface area contributed by atoms with Crippen LogP contribution in [0.25, 0.3) is 0 Å². The third kappa shape index (κ3) is 3.60. The van der Waals surface area contributed by atoms with Crippen LogP contribution in [0.15, 0.2) is 17.0 Å². The van der Waals surface area contributed by atoms with Gasteiger partial charge in [-0.15, -0.1) is 0 Å². The summed E-state index contributed by atoms with van der Waals surface area (Å²) in [5.41, 5.74) is 1.58. The van der Waals surface area contributed by atoms with E-state index in [0.29, 0.717) is 18.7 Å². The molecule has 0 saturated heterocycles. The highest BCUT2D eigenvalue weighted by Gasteiger charge is 2.27. The van der Waals surface area contributed by atoms with Crippen LogP contribution in [-0.2, 0) is 21.2 Å². The van der Waals surface area contributed by atoms with Gasteiger partial charge in [0, 0.05) is 25.2 Å². The summed E-state index contributed by atoms with van der Waals surface area (Å²) >= 11 is 6.09. The fraction of sp³-hybridized carbons (Fsp3) is 0.500. The van der Waals surface area contributed by atoms with E-state index >= 15 is 0 Å². The molecular formula is C14H19ClN2O4S. The van der Waals surface area contributed by atoms with Crippen molar-refractivity contribution in [3.8, 4) is 0 Å². The molecule has 0 aliphatic carbocycles. The zero-order valence-electron chi connectivity index (χ0n) is 12.5. The molecule has 122 valence electrons. The minimum absolute atomic E-state index is 0.0329. The number of ketones is 1. The van der Waals surface area contributed by atoms with E-state index in [4.69, 9.17) is 11.6 Å². The van der Waals surface area contributed by atoms with Crippen LogP contribution in [-0.4, -0.2) is 38.6 Å². The van der Waals surface area contributed by atoms with E-state index in [1.165, 1.54) is 13.0 Å². The molecule has 0 amide bonds. The molecule has 8 heteroatoms. The van der Waals surface area contributed by atoms with E-state index in [-0.39, 0.29) is 28.7 Å². The first kappa shape index (κ1) is 17.2. The van der Waals surface area contributed by atoms with Crippen molar-refractivity contribution in [2.45, 2.75) is 37.8 Å². The third-order valence-electron chi connectivity index (χ3n) is 3.57. The molecule has 1 atom stereocenters. The van der Waals surface area contributed by atoms with Gasteiger partial charge in [0.25, 0.3) is 0 Å². The standard InChI is InChI=1S/C14H19ClN2O4S/c1-9(18)3-5-16-22(20,21)14-8-13-11(7-12(14)15)4-6-17(13)10(2)19/h7-8,10,16,19H,3-6H2,1-2H3. The largest absolute Gasteiger partial charge is 0.374 e. The quantitative estimate of drug-likeness (QED) is 0.810. The molecule has 1 aliphatic rings. The number of nitrogens with one attached hydrogen (secondary N) is 1. The first-order valence-electron chi connectivity index (χ1n) is 6.98. The van der Waals surface area contributed by atoms with Gasteiger partial charge >= 0.3 is 0 Å². The van der Waals surface area contributed by atoms with Crippen LogP contribution in [0.3, 0.4) is 0 Å². The minimum Gasteiger partial charge on any atom is -0.374 e. The SMILES string of the molecule is CC(=O)CCNS(=O)(=O)c1cc2c(cc1Cl)CCN2C(C)O. The van der Waals surface area contributed by atoms with Gasteiger partial charge in [-0.2, -0.15) is 0 Å². The van der Waals surface area contributed by atoms with Crippen LogP contribution in [0.4, 0.5) is 5.69 Å². The van der Waals surface area contributed by atoms with E-state index in [9.17, 15) is 18.3 Å². The number of hydrogen-bond donors (Lipinski definition) is 2. The van der Waals surface area contributed by atoms with Crippen molar-refractivity contribution in [3.63, 3.8) is 0 Å². The Morgan fingerprint density at radius 2 is 2.18 bits per heavy atom. The van der Waals surface area contributed by atoms with E-state index in [2.05, 4.69) is 4.72 Å². The summed E-state index contributed by atoms with van der Waals surface area (Å²) in [6.45, 7) is 3.68. The highest BCUT2D eigenvalue weighted by Crippen LogP contribution is 2.35. The zero-order chi connectivity index (χ0) is 16.5. The average Bonchev–Trinajstić information content (AvgIpc) is 2.79. The van der Waals surface area contributed by atoms with Gasteiger partial charge in [-0.3, -0.25) is 4.79 Å². The van der Waals surface area contributed by atoms with Crippen molar-refractivity contribution < 1.29 is 18.3 Å². The summed E-state index contributed by atoms with van der Waals surface area (Å²) in [7, 11) is -3.80. The number of anilines is 1. The number of halogens is 1. The molecule has 1 aliphatic heterocycles. The Morgan fingerprint density at radius 1 is 1.50 bits per heavy atom. The zero-order valence-corrected chi connectivity index (χ0v) is 14.0. The summed E-state index contributed by atoms with van der Waals surface area (Å²) in [6, 6.07) is 3.10. The summed E-state index contributed by atoms with van der Waals surface area (Å²) < 4.78 is 27.0. The van der Waals surface area contributed by atoms with Crippen molar-refractivity contribution in [3.05, 3.63) is 22.7 Å². The predicted octanol–water partition coefficient (Wildman–Crippen LogP) is 1.30. The highest BCUT2D eigenvalue weighted by molar-refractivity contribution is 7.89. The van der Waals surface area contributed by atoms with Gasteiger partial charge in [-0.1, -0.05) is 11.6 Å². The van der Waals surface area contributed by atoms with Gasteiger partial charge < -0.3 is 10.0 Å². The minimum atomic E-state index is -3.80. The summed E-state index contributed by atoms with van der Waals surface area (Å²) in [4.78, 5) is 12.6. The Bertz CT molecular complexity index is 688. The maximum absolute atomic E-state index is 12.3. The average molecular weight is 347 g/mol. The van der Waals surface area contributed by atoms with Crippen LogP contribution < -0.4 is 9.62 Å². The van der Waals surface area contributed by atoms with E-state index < -0.39 is 16.3 Å². The molecule has 0 bridgehead atoms. The Labute approximate surface area is 135 Å². The number of hydrogen-bond acceptors (Lipinski definition) is 5. The third-order valence-corrected chi connectivity index (χ3v) is 5.50. The molecule has 1 aromatic carbocycles. The second-order valence-corrected chi connectivity index (χ2v) is 7.48. The Morgan fingerprint density at radius 3 is 2.77 bits per heavy atom. The van der Waals surface area contributed by atoms with Crippen molar-refractivity contribution in [1.82, 2.24) is 4.72 Å². The number of sulfonamides is 1. The normalized spacial score (nSPS) is 15.7. The first-order chi connectivity index (χ1) is 10.2. The fourth-order valence-corrected chi connectivity index (χ4v) is 4.05. The fourth-order valence-electron chi connectivity index (χ4n) is 2.45. The molecule has 0 spiro atoms.